The maximum Gasteiger partial charge on any atom is 0.248 e. The number of nitrogens with two attached hydrogens (primary N) is 1. The molecule has 1 unspecified atom stereocenters. The number of rotatable bonds is 5. The normalized spacial score (nSPS) is 11.9. The Hall–Kier alpha value is -2.40. The number of amides is 1. The number of aliphatic hydroxyl groups excluding tert-OH is 1. The number of benzene rings is 2. The average Bonchev–Trinajstić information content (AvgIpc) is 2.45. The molecule has 0 fully saturated rings. The summed E-state index contributed by atoms with van der Waals surface area (Å²) in [4.78, 5) is 11.1. The van der Waals surface area contributed by atoms with Gasteiger partial charge in [-0.1, -0.05) is 24.3 Å². The van der Waals surface area contributed by atoms with Crippen molar-refractivity contribution in [2.24, 2.45) is 5.73 Å². The van der Waals surface area contributed by atoms with Crippen LogP contribution in [0.15, 0.2) is 48.5 Å². The summed E-state index contributed by atoms with van der Waals surface area (Å²) in [5, 5.41) is 12.9. The van der Waals surface area contributed by atoms with Crippen molar-refractivity contribution in [2.75, 3.05) is 11.9 Å². The predicted octanol–water partition coefficient (Wildman–Crippen LogP) is 2.07. The smallest absolute Gasteiger partial charge is 0.248 e. The maximum atomic E-state index is 13.5. The van der Waals surface area contributed by atoms with Crippen molar-refractivity contribution in [1.29, 1.82) is 0 Å². The van der Waals surface area contributed by atoms with Crippen LogP contribution in [0.25, 0.3) is 0 Å². The molecule has 5 heteroatoms. The molecule has 20 heavy (non-hydrogen) atoms. The molecule has 2 aromatic carbocycles. The Morgan fingerprint density at radius 2 is 2.00 bits per heavy atom. The van der Waals surface area contributed by atoms with Crippen LogP contribution in [0.4, 0.5) is 10.1 Å². The van der Waals surface area contributed by atoms with Crippen molar-refractivity contribution in [3.8, 4) is 0 Å². The Labute approximate surface area is 116 Å². The van der Waals surface area contributed by atoms with E-state index in [1.807, 2.05) is 0 Å². The summed E-state index contributed by atoms with van der Waals surface area (Å²) < 4.78 is 13.5. The first kappa shape index (κ1) is 14.0. The first-order valence-electron chi connectivity index (χ1n) is 6.14. The Bertz CT molecular complexity index is 616. The molecule has 0 aromatic heterocycles. The topological polar surface area (TPSA) is 75.4 Å². The maximum absolute atomic E-state index is 13.5. The van der Waals surface area contributed by atoms with Crippen LogP contribution < -0.4 is 11.1 Å². The van der Waals surface area contributed by atoms with Crippen molar-refractivity contribution in [2.45, 2.75) is 6.10 Å². The third-order valence-electron chi connectivity index (χ3n) is 2.91. The summed E-state index contributed by atoms with van der Waals surface area (Å²) in [5.41, 5.74) is 6.42. The number of aliphatic hydroxyl groups is 1. The zero-order valence-electron chi connectivity index (χ0n) is 10.7. The van der Waals surface area contributed by atoms with Gasteiger partial charge in [0.1, 0.15) is 5.82 Å². The standard InChI is InChI=1S/C15H15FN2O2/c16-13-7-2-1-6-12(13)14(19)9-18-11-5-3-4-10(8-11)15(17)20/h1-8,14,18-19H,9H2,(H2,17,20). The summed E-state index contributed by atoms with van der Waals surface area (Å²) in [6, 6.07) is 12.6. The molecule has 0 radical (unpaired) electrons. The van der Waals surface area contributed by atoms with E-state index in [-0.39, 0.29) is 12.1 Å². The second-order valence-corrected chi connectivity index (χ2v) is 4.36. The number of nitrogens with one attached hydrogen (secondary N) is 1. The lowest BCUT2D eigenvalue weighted by Crippen LogP contribution is -2.15. The molecule has 0 aliphatic carbocycles. The first-order valence-corrected chi connectivity index (χ1v) is 6.14. The van der Waals surface area contributed by atoms with Gasteiger partial charge in [0.15, 0.2) is 0 Å². The second-order valence-electron chi connectivity index (χ2n) is 4.36. The van der Waals surface area contributed by atoms with E-state index in [1.165, 1.54) is 12.1 Å². The van der Waals surface area contributed by atoms with Crippen molar-refractivity contribution < 1.29 is 14.3 Å². The van der Waals surface area contributed by atoms with Crippen LogP contribution in [0.3, 0.4) is 0 Å². The van der Waals surface area contributed by atoms with Crippen LogP contribution in [0, 0.1) is 5.82 Å². The number of carbonyl (C=O) groups is 1. The van der Waals surface area contributed by atoms with E-state index in [2.05, 4.69) is 5.32 Å². The lowest BCUT2D eigenvalue weighted by molar-refractivity contribution is 0.100. The molecule has 0 saturated heterocycles. The Morgan fingerprint density at radius 1 is 1.25 bits per heavy atom. The fraction of sp³-hybridized carbons (Fsp3) is 0.133. The summed E-state index contributed by atoms with van der Waals surface area (Å²) in [6.45, 7) is 0.128. The number of anilines is 1. The van der Waals surface area contributed by atoms with Gasteiger partial charge in [0.05, 0.1) is 6.10 Å². The summed E-state index contributed by atoms with van der Waals surface area (Å²) >= 11 is 0. The lowest BCUT2D eigenvalue weighted by Gasteiger charge is -2.14. The highest BCUT2D eigenvalue weighted by molar-refractivity contribution is 5.93. The molecule has 2 rings (SSSR count). The molecule has 4 N–H and O–H groups in total. The summed E-state index contributed by atoms with van der Waals surface area (Å²) in [5.74, 6) is -0.976. The minimum Gasteiger partial charge on any atom is -0.386 e. The Kier molecular flexibility index (Phi) is 4.32. The van der Waals surface area contributed by atoms with Crippen molar-refractivity contribution >= 4 is 11.6 Å². The molecular weight excluding hydrogens is 259 g/mol. The van der Waals surface area contributed by atoms with E-state index in [0.717, 1.165) is 0 Å². The zero-order valence-corrected chi connectivity index (χ0v) is 10.7. The number of carbonyl (C=O) groups excluding carboxylic acids is 1. The Balaban J connectivity index is 2.04. The Morgan fingerprint density at radius 3 is 2.70 bits per heavy atom. The van der Waals surface area contributed by atoms with Gasteiger partial charge < -0.3 is 16.2 Å². The van der Waals surface area contributed by atoms with E-state index in [9.17, 15) is 14.3 Å². The molecule has 0 heterocycles. The van der Waals surface area contributed by atoms with Crippen LogP contribution in [-0.4, -0.2) is 17.6 Å². The average molecular weight is 274 g/mol. The van der Waals surface area contributed by atoms with E-state index >= 15 is 0 Å². The number of hydrogen-bond acceptors (Lipinski definition) is 3. The molecule has 2 aromatic rings. The quantitative estimate of drug-likeness (QED) is 0.781. The van der Waals surface area contributed by atoms with E-state index in [1.54, 1.807) is 36.4 Å². The van der Waals surface area contributed by atoms with Crippen LogP contribution in [0.5, 0.6) is 0 Å². The minimum atomic E-state index is -0.978. The largest absolute Gasteiger partial charge is 0.386 e. The molecule has 0 spiro atoms. The molecule has 0 saturated carbocycles. The SMILES string of the molecule is NC(=O)c1cccc(NCC(O)c2ccccc2F)c1. The van der Waals surface area contributed by atoms with Gasteiger partial charge in [-0.3, -0.25) is 4.79 Å². The molecule has 0 aliphatic rings. The molecule has 4 nitrogen and oxygen atoms in total. The third-order valence-corrected chi connectivity index (χ3v) is 2.91. The predicted molar refractivity (Wildman–Crippen MR) is 74.8 cm³/mol. The fourth-order valence-corrected chi connectivity index (χ4v) is 1.85. The van der Waals surface area contributed by atoms with Crippen molar-refractivity contribution in [1.82, 2.24) is 0 Å². The monoisotopic (exact) mass is 274 g/mol. The van der Waals surface area contributed by atoms with Crippen LogP contribution in [-0.2, 0) is 0 Å². The first-order chi connectivity index (χ1) is 9.58. The fourth-order valence-electron chi connectivity index (χ4n) is 1.85. The number of halogens is 1. The highest BCUT2D eigenvalue weighted by Gasteiger charge is 2.11. The van der Waals surface area contributed by atoms with Gasteiger partial charge in [0.25, 0.3) is 0 Å². The van der Waals surface area contributed by atoms with Crippen molar-refractivity contribution in [3.05, 3.63) is 65.5 Å². The summed E-state index contributed by atoms with van der Waals surface area (Å²) in [7, 11) is 0. The van der Waals surface area contributed by atoms with E-state index < -0.39 is 17.8 Å². The van der Waals surface area contributed by atoms with Gasteiger partial charge in [-0.15, -0.1) is 0 Å². The lowest BCUT2D eigenvalue weighted by atomic mass is 10.1. The van der Waals surface area contributed by atoms with Gasteiger partial charge in [0.2, 0.25) is 5.91 Å². The van der Waals surface area contributed by atoms with Crippen LogP contribution in [0.2, 0.25) is 0 Å². The number of hydrogen-bond donors (Lipinski definition) is 3. The highest BCUT2D eigenvalue weighted by Crippen LogP contribution is 2.18. The van der Waals surface area contributed by atoms with Gasteiger partial charge in [-0.2, -0.15) is 0 Å². The van der Waals surface area contributed by atoms with E-state index in [0.29, 0.717) is 11.3 Å². The molecule has 1 amide bonds. The van der Waals surface area contributed by atoms with Crippen molar-refractivity contribution in [3.63, 3.8) is 0 Å². The molecular formula is C15H15FN2O2. The molecule has 104 valence electrons. The highest BCUT2D eigenvalue weighted by atomic mass is 19.1. The summed E-state index contributed by atoms with van der Waals surface area (Å²) in [6.07, 6.45) is -0.978. The molecule has 0 bridgehead atoms. The van der Waals surface area contributed by atoms with Crippen LogP contribution >= 0.6 is 0 Å². The van der Waals surface area contributed by atoms with Gasteiger partial charge in [-0.25, -0.2) is 4.39 Å². The minimum absolute atomic E-state index is 0.128. The zero-order chi connectivity index (χ0) is 14.5. The molecule has 0 aliphatic heterocycles. The number of primary amides is 1. The second kappa shape index (κ2) is 6.16. The van der Waals surface area contributed by atoms with Gasteiger partial charge in [-0.05, 0) is 24.3 Å². The van der Waals surface area contributed by atoms with Gasteiger partial charge >= 0.3 is 0 Å². The third kappa shape index (κ3) is 3.33. The molecule has 1 atom stereocenters. The van der Waals surface area contributed by atoms with Crippen LogP contribution in [0.1, 0.15) is 22.0 Å². The van der Waals surface area contributed by atoms with Gasteiger partial charge in [0, 0.05) is 23.4 Å². The van der Waals surface area contributed by atoms with E-state index in [4.69, 9.17) is 5.73 Å².